The Kier molecular flexibility index (Phi) is 3.03. The van der Waals surface area contributed by atoms with Crippen molar-refractivity contribution in [3.05, 3.63) is 76.8 Å². The molecule has 3 heterocycles. The molecule has 2 unspecified atom stereocenters. The number of fused-ring (bicyclic) bond motifs is 4. The third kappa shape index (κ3) is 1.99. The lowest BCUT2D eigenvalue weighted by atomic mass is 9.75. The summed E-state index contributed by atoms with van der Waals surface area (Å²) in [6.45, 7) is 0. The maximum absolute atomic E-state index is 13.0. The van der Waals surface area contributed by atoms with Crippen LogP contribution in [0.1, 0.15) is 35.9 Å². The molecule has 2 aromatic rings. The van der Waals surface area contributed by atoms with Crippen molar-refractivity contribution < 1.29 is 9.53 Å². The molecule has 2 N–H and O–H groups in total. The number of carbonyl (C=O) groups is 1. The lowest BCUT2D eigenvalue weighted by molar-refractivity contribution is -0.117. The second-order valence-electron chi connectivity index (χ2n) is 6.70. The minimum Gasteiger partial charge on any atom is -0.449 e. The van der Waals surface area contributed by atoms with Crippen molar-refractivity contribution in [1.82, 2.24) is 4.57 Å². The van der Waals surface area contributed by atoms with Gasteiger partial charge in [0.25, 0.3) is 0 Å². The van der Waals surface area contributed by atoms with Crippen molar-refractivity contribution in [2.75, 3.05) is 0 Å². The highest BCUT2D eigenvalue weighted by molar-refractivity contribution is 7.80. The molecule has 1 aromatic heterocycles. The number of ketones is 1. The van der Waals surface area contributed by atoms with Crippen molar-refractivity contribution in [3.8, 4) is 0 Å². The number of thiocarbonyl (C=S) groups is 1. The summed E-state index contributed by atoms with van der Waals surface area (Å²) < 4.78 is 7.84. The van der Waals surface area contributed by atoms with Gasteiger partial charge < -0.3 is 15.0 Å². The Hall–Kier alpha value is -2.66. The van der Waals surface area contributed by atoms with Crippen molar-refractivity contribution in [2.24, 2.45) is 5.73 Å². The van der Waals surface area contributed by atoms with Crippen LogP contribution >= 0.6 is 12.2 Å². The zero-order valence-corrected chi connectivity index (χ0v) is 14.3. The van der Waals surface area contributed by atoms with Gasteiger partial charge in [0, 0.05) is 30.3 Å². The highest BCUT2D eigenvalue weighted by Gasteiger charge is 2.46. The van der Waals surface area contributed by atoms with Crippen LogP contribution in [0.15, 0.2) is 65.6 Å². The largest absolute Gasteiger partial charge is 0.449 e. The molecule has 124 valence electrons. The zero-order valence-electron chi connectivity index (χ0n) is 13.4. The first-order valence-corrected chi connectivity index (χ1v) is 8.76. The van der Waals surface area contributed by atoms with Crippen molar-refractivity contribution in [1.29, 1.82) is 0 Å². The van der Waals surface area contributed by atoms with Gasteiger partial charge in [-0.15, -0.1) is 0 Å². The minimum atomic E-state index is -0.185. The molecular weight excluding hydrogens is 332 g/mol. The Morgan fingerprint density at radius 3 is 2.68 bits per heavy atom. The lowest BCUT2D eigenvalue weighted by Crippen LogP contribution is -2.30. The fraction of sp³-hybridized carbons (Fsp3) is 0.200. The maximum Gasteiger partial charge on any atom is 0.198 e. The molecule has 0 amide bonds. The molecule has 1 aromatic carbocycles. The summed E-state index contributed by atoms with van der Waals surface area (Å²) in [7, 11) is 0. The van der Waals surface area contributed by atoms with Crippen LogP contribution in [0.2, 0.25) is 0 Å². The molecule has 4 nitrogen and oxygen atoms in total. The van der Waals surface area contributed by atoms with Crippen LogP contribution in [-0.4, -0.2) is 15.4 Å². The van der Waals surface area contributed by atoms with E-state index in [1.54, 1.807) is 0 Å². The average Bonchev–Trinajstić information content (AvgIpc) is 3.19. The van der Waals surface area contributed by atoms with Crippen LogP contribution in [0, 0.1) is 0 Å². The molecule has 0 saturated carbocycles. The Bertz CT molecular complexity index is 984. The molecule has 5 heteroatoms. The van der Waals surface area contributed by atoms with E-state index in [0.29, 0.717) is 29.5 Å². The summed E-state index contributed by atoms with van der Waals surface area (Å²) >= 11 is 5.48. The Labute approximate surface area is 150 Å². The van der Waals surface area contributed by atoms with Crippen LogP contribution in [0.4, 0.5) is 0 Å². The second-order valence-corrected chi connectivity index (χ2v) is 7.07. The van der Waals surface area contributed by atoms with Crippen LogP contribution in [-0.2, 0) is 9.53 Å². The van der Waals surface area contributed by atoms with Gasteiger partial charge in [0.2, 0.25) is 0 Å². The van der Waals surface area contributed by atoms with Crippen LogP contribution in [0.25, 0.3) is 5.82 Å². The van der Waals surface area contributed by atoms with Crippen molar-refractivity contribution >= 4 is 28.9 Å². The first-order valence-electron chi connectivity index (χ1n) is 8.35. The number of nitrogens with zero attached hydrogens (tertiary/aromatic N) is 1. The zero-order chi connectivity index (χ0) is 17.1. The van der Waals surface area contributed by atoms with E-state index in [1.165, 1.54) is 0 Å². The normalized spacial score (nSPS) is 24.8. The number of allylic oxidation sites excluding steroid dienone is 2. The SMILES string of the molecule is NC1=C2C(=S)OC3=C(C(=O)CC(c4ccccc4)C3)C2c2cccn21. The molecule has 0 bridgehead atoms. The molecule has 5 rings (SSSR count). The highest BCUT2D eigenvalue weighted by atomic mass is 32.1. The monoisotopic (exact) mass is 348 g/mol. The molecular formula is C20H16N2O2S. The Balaban J connectivity index is 1.63. The predicted molar refractivity (Wildman–Crippen MR) is 98.7 cm³/mol. The lowest BCUT2D eigenvalue weighted by Gasteiger charge is -2.33. The van der Waals surface area contributed by atoms with Gasteiger partial charge in [-0.2, -0.15) is 0 Å². The number of benzene rings is 1. The number of aromatic nitrogens is 1. The van der Waals surface area contributed by atoms with E-state index in [2.05, 4.69) is 12.1 Å². The maximum atomic E-state index is 13.0. The second kappa shape index (κ2) is 5.17. The van der Waals surface area contributed by atoms with E-state index >= 15 is 0 Å². The van der Waals surface area contributed by atoms with E-state index in [0.717, 1.165) is 22.4 Å². The van der Waals surface area contributed by atoms with Gasteiger partial charge in [-0.25, -0.2) is 0 Å². The van der Waals surface area contributed by atoms with E-state index in [9.17, 15) is 4.79 Å². The molecule has 2 aliphatic heterocycles. The summed E-state index contributed by atoms with van der Waals surface area (Å²) in [6, 6.07) is 14.1. The van der Waals surface area contributed by atoms with E-state index in [-0.39, 0.29) is 17.6 Å². The van der Waals surface area contributed by atoms with Crippen molar-refractivity contribution in [2.45, 2.75) is 24.7 Å². The van der Waals surface area contributed by atoms with Gasteiger partial charge in [0.15, 0.2) is 10.8 Å². The third-order valence-corrected chi connectivity index (χ3v) is 5.66. The fourth-order valence-corrected chi connectivity index (χ4v) is 4.55. The summed E-state index contributed by atoms with van der Waals surface area (Å²) in [5.41, 5.74) is 9.91. The summed E-state index contributed by atoms with van der Waals surface area (Å²) in [6.07, 6.45) is 3.08. The quantitative estimate of drug-likeness (QED) is 0.802. The molecule has 3 aliphatic rings. The smallest absolute Gasteiger partial charge is 0.198 e. The molecule has 0 saturated heterocycles. The first-order chi connectivity index (χ1) is 12.1. The van der Waals surface area contributed by atoms with Gasteiger partial charge in [0.05, 0.1) is 11.5 Å². The summed E-state index contributed by atoms with van der Waals surface area (Å²) in [5.74, 6) is 1.36. The molecule has 2 atom stereocenters. The summed E-state index contributed by atoms with van der Waals surface area (Å²) in [5, 5.41) is 0.395. The first kappa shape index (κ1) is 14.7. The number of ether oxygens (including phenoxy) is 1. The topological polar surface area (TPSA) is 57.2 Å². The predicted octanol–water partition coefficient (Wildman–Crippen LogP) is 3.47. The van der Waals surface area contributed by atoms with E-state index < -0.39 is 0 Å². The highest BCUT2D eigenvalue weighted by Crippen LogP contribution is 2.50. The van der Waals surface area contributed by atoms with Gasteiger partial charge >= 0.3 is 0 Å². The van der Waals surface area contributed by atoms with Gasteiger partial charge in [-0.3, -0.25) is 4.79 Å². The van der Waals surface area contributed by atoms with E-state index in [4.69, 9.17) is 22.7 Å². The number of hydrogen-bond donors (Lipinski definition) is 1. The molecule has 0 spiro atoms. The number of hydrogen-bond acceptors (Lipinski definition) is 4. The van der Waals surface area contributed by atoms with E-state index in [1.807, 2.05) is 41.1 Å². The van der Waals surface area contributed by atoms with Gasteiger partial charge in [-0.1, -0.05) is 30.3 Å². The minimum absolute atomic E-state index is 0.127. The number of carbonyl (C=O) groups excluding carboxylic acids is 1. The molecule has 25 heavy (non-hydrogen) atoms. The summed E-state index contributed by atoms with van der Waals surface area (Å²) in [4.78, 5) is 13.0. The van der Waals surface area contributed by atoms with Gasteiger partial charge in [-0.05, 0) is 35.8 Å². The average molecular weight is 348 g/mol. The number of rotatable bonds is 1. The Morgan fingerprint density at radius 2 is 1.88 bits per heavy atom. The standard InChI is InChI=1S/C20H16N2O2S/c21-19-18-16(13-7-4-8-22(13)19)17-14(23)9-12(10-15(17)24-20(18)25)11-5-2-1-3-6-11/h1-8,12,16H,9-10,21H2. The van der Waals surface area contributed by atoms with Crippen LogP contribution < -0.4 is 5.73 Å². The molecule has 0 radical (unpaired) electrons. The molecule has 1 aliphatic carbocycles. The van der Waals surface area contributed by atoms with Gasteiger partial charge in [0.1, 0.15) is 11.6 Å². The van der Waals surface area contributed by atoms with Crippen molar-refractivity contribution in [3.63, 3.8) is 0 Å². The Morgan fingerprint density at radius 1 is 1.08 bits per heavy atom. The third-order valence-electron chi connectivity index (χ3n) is 5.36. The number of Topliss-reactive ketones (excluding diaryl/α,β-unsaturated/α-hetero) is 1. The van der Waals surface area contributed by atoms with Crippen LogP contribution in [0.5, 0.6) is 0 Å². The number of nitrogens with two attached hydrogens (primary N) is 1. The van der Waals surface area contributed by atoms with Crippen LogP contribution in [0.3, 0.4) is 0 Å². The molecule has 0 fully saturated rings. The fourth-order valence-electron chi connectivity index (χ4n) is 4.23.